The quantitative estimate of drug-likeness (QED) is 0.678. The van der Waals surface area contributed by atoms with Crippen LogP contribution in [0.2, 0.25) is 0 Å². The van der Waals surface area contributed by atoms with Crippen LogP contribution in [0.1, 0.15) is 32.1 Å². The predicted octanol–water partition coefficient (Wildman–Crippen LogP) is 0.655. The summed E-state index contributed by atoms with van der Waals surface area (Å²) in [5.41, 5.74) is 0.159. The molecule has 78 valence electrons. The third-order valence-corrected chi connectivity index (χ3v) is 4.40. The monoisotopic (exact) mass is 194 g/mol. The van der Waals surface area contributed by atoms with Crippen LogP contribution >= 0.6 is 0 Å². The molecule has 3 rings (SSSR count). The molecule has 3 nitrogen and oxygen atoms in total. The molecule has 2 saturated carbocycles. The molecule has 2 unspecified atom stereocenters. The first kappa shape index (κ1) is 8.72. The summed E-state index contributed by atoms with van der Waals surface area (Å²) in [4.78, 5) is 11.8. The first-order valence-corrected chi connectivity index (χ1v) is 5.83. The van der Waals surface area contributed by atoms with Gasteiger partial charge in [0.05, 0.1) is 5.54 Å². The molecule has 1 amide bonds. The van der Waals surface area contributed by atoms with Crippen molar-refractivity contribution in [3.8, 4) is 0 Å². The van der Waals surface area contributed by atoms with E-state index >= 15 is 0 Å². The van der Waals surface area contributed by atoms with Crippen molar-refractivity contribution in [2.24, 2.45) is 11.8 Å². The Morgan fingerprint density at radius 3 is 2.71 bits per heavy atom. The van der Waals surface area contributed by atoms with Gasteiger partial charge in [0.2, 0.25) is 5.91 Å². The minimum atomic E-state index is 0.159. The summed E-state index contributed by atoms with van der Waals surface area (Å²) < 4.78 is 0. The number of hydrogen-bond donors (Lipinski definition) is 2. The second-order valence-electron chi connectivity index (χ2n) is 5.14. The van der Waals surface area contributed by atoms with Crippen molar-refractivity contribution in [1.82, 2.24) is 10.6 Å². The van der Waals surface area contributed by atoms with Crippen molar-refractivity contribution in [2.45, 2.75) is 37.6 Å². The van der Waals surface area contributed by atoms with Crippen molar-refractivity contribution in [2.75, 3.05) is 13.1 Å². The molecule has 2 N–H and O–H groups in total. The zero-order valence-corrected chi connectivity index (χ0v) is 8.51. The minimum Gasteiger partial charge on any atom is -0.349 e. The number of amides is 1. The maximum Gasteiger partial charge on any atom is 0.223 e. The van der Waals surface area contributed by atoms with Crippen molar-refractivity contribution in [1.29, 1.82) is 0 Å². The summed E-state index contributed by atoms with van der Waals surface area (Å²) in [7, 11) is 0. The van der Waals surface area contributed by atoms with E-state index in [0.717, 1.165) is 25.9 Å². The van der Waals surface area contributed by atoms with Crippen LogP contribution in [0, 0.1) is 11.8 Å². The van der Waals surface area contributed by atoms with E-state index in [-0.39, 0.29) is 5.54 Å². The predicted molar refractivity (Wildman–Crippen MR) is 53.8 cm³/mol. The van der Waals surface area contributed by atoms with Gasteiger partial charge in [-0.15, -0.1) is 0 Å². The molecule has 0 radical (unpaired) electrons. The molecule has 3 heteroatoms. The molecule has 0 aromatic heterocycles. The highest BCUT2D eigenvalue weighted by Crippen LogP contribution is 2.41. The Balaban J connectivity index is 1.63. The molecule has 3 aliphatic rings. The highest BCUT2D eigenvalue weighted by Gasteiger charge is 2.51. The largest absolute Gasteiger partial charge is 0.349 e. The minimum absolute atomic E-state index is 0.159. The molecule has 14 heavy (non-hydrogen) atoms. The number of fused-ring (bicyclic) bond motifs is 1. The smallest absolute Gasteiger partial charge is 0.223 e. The van der Waals surface area contributed by atoms with Crippen molar-refractivity contribution >= 4 is 5.91 Å². The van der Waals surface area contributed by atoms with Gasteiger partial charge >= 0.3 is 0 Å². The average molecular weight is 194 g/mol. The van der Waals surface area contributed by atoms with Crippen LogP contribution in [0.4, 0.5) is 0 Å². The molecule has 0 spiro atoms. The van der Waals surface area contributed by atoms with Crippen LogP contribution in [0.5, 0.6) is 0 Å². The lowest BCUT2D eigenvalue weighted by Gasteiger charge is -2.46. The number of rotatable bonds is 2. The summed E-state index contributed by atoms with van der Waals surface area (Å²) in [6.45, 7) is 2.10. The Bertz CT molecular complexity index is 262. The molecule has 2 aliphatic carbocycles. The lowest BCUT2D eigenvalue weighted by molar-refractivity contribution is -0.131. The maximum absolute atomic E-state index is 11.8. The highest BCUT2D eigenvalue weighted by molar-refractivity contribution is 5.80. The molecule has 3 fully saturated rings. The first-order chi connectivity index (χ1) is 6.80. The zero-order valence-electron chi connectivity index (χ0n) is 8.51. The number of carbonyl (C=O) groups excluding carboxylic acids is 1. The number of hydrogen-bond acceptors (Lipinski definition) is 2. The van der Waals surface area contributed by atoms with E-state index in [0.29, 0.717) is 17.7 Å². The van der Waals surface area contributed by atoms with Gasteiger partial charge in [0, 0.05) is 19.0 Å². The Labute approximate surface area is 84.6 Å². The first-order valence-electron chi connectivity index (χ1n) is 5.83. The number of nitrogens with one attached hydrogen (secondary N) is 2. The highest BCUT2D eigenvalue weighted by atomic mass is 16.2. The van der Waals surface area contributed by atoms with Crippen LogP contribution in [0.15, 0.2) is 0 Å². The lowest BCUT2D eigenvalue weighted by atomic mass is 9.68. The van der Waals surface area contributed by atoms with E-state index in [1.807, 2.05) is 0 Å². The molecule has 0 aromatic carbocycles. The van der Waals surface area contributed by atoms with Gasteiger partial charge in [0.25, 0.3) is 0 Å². The Morgan fingerprint density at radius 1 is 1.36 bits per heavy atom. The molecular formula is C11H18N2O. The molecule has 1 aliphatic heterocycles. The summed E-state index contributed by atoms with van der Waals surface area (Å²) in [6, 6.07) is 0. The normalized spacial score (nSPS) is 41.0. The van der Waals surface area contributed by atoms with Crippen molar-refractivity contribution in [3.05, 3.63) is 0 Å². The number of carbonyl (C=O) groups is 1. The van der Waals surface area contributed by atoms with Gasteiger partial charge in [0.15, 0.2) is 0 Å². The summed E-state index contributed by atoms with van der Waals surface area (Å²) in [6.07, 6.45) is 5.94. The SMILES string of the molecule is O=C(NC12CCC1CNC2)C1CCC1. The Hall–Kier alpha value is -0.570. The van der Waals surface area contributed by atoms with E-state index in [4.69, 9.17) is 0 Å². The fraction of sp³-hybridized carbons (Fsp3) is 0.909. The summed E-state index contributed by atoms with van der Waals surface area (Å²) >= 11 is 0. The summed E-state index contributed by atoms with van der Waals surface area (Å²) in [5.74, 6) is 1.38. The zero-order chi connectivity index (χ0) is 9.60. The molecular weight excluding hydrogens is 176 g/mol. The van der Waals surface area contributed by atoms with Gasteiger partial charge in [-0.25, -0.2) is 0 Å². The molecule has 1 heterocycles. The second kappa shape index (κ2) is 2.96. The van der Waals surface area contributed by atoms with E-state index in [9.17, 15) is 4.79 Å². The van der Waals surface area contributed by atoms with Gasteiger partial charge in [-0.1, -0.05) is 6.42 Å². The van der Waals surface area contributed by atoms with Crippen LogP contribution < -0.4 is 10.6 Å². The topological polar surface area (TPSA) is 41.1 Å². The van der Waals surface area contributed by atoms with E-state index in [1.54, 1.807) is 0 Å². The second-order valence-corrected chi connectivity index (χ2v) is 5.14. The van der Waals surface area contributed by atoms with Gasteiger partial charge in [0.1, 0.15) is 0 Å². The lowest BCUT2D eigenvalue weighted by Crippen LogP contribution is -2.61. The maximum atomic E-state index is 11.8. The standard InChI is InChI=1S/C11H18N2O/c14-10(8-2-1-3-8)13-11-5-4-9(11)6-12-7-11/h8-9,12H,1-7H2,(H,13,14). The Morgan fingerprint density at radius 2 is 2.21 bits per heavy atom. The van der Waals surface area contributed by atoms with Crippen molar-refractivity contribution in [3.63, 3.8) is 0 Å². The Kier molecular flexibility index (Phi) is 1.84. The molecule has 0 aromatic rings. The van der Waals surface area contributed by atoms with Crippen LogP contribution in [-0.2, 0) is 4.79 Å². The molecule has 1 saturated heterocycles. The third kappa shape index (κ3) is 1.11. The average Bonchev–Trinajstić information content (AvgIpc) is 2.28. The third-order valence-electron chi connectivity index (χ3n) is 4.40. The van der Waals surface area contributed by atoms with Crippen LogP contribution in [-0.4, -0.2) is 24.5 Å². The van der Waals surface area contributed by atoms with Gasteiger partial charge in [-0.05, 0) is 31.6 Å². The van der Waals surface area contributed by atoms with E-state index < -0.39 is 0 Å². The van der Waals surface area contributed by atoms with E-state index in [1.165, 1.54) is 19.3 Å². The van der Waals surface area contributed by atoms with E-state index in [2.05, 4.69) is 10.6 Å². The molecule has 0 bridgehead atoms. The van der Waals surface area contributed by atoms with Crippen LogP contribution in [0.25, 0.3) is 0 Å². The van der Waals surface area contributed by atoms with Gasteiger partial charge < -0.3 is 10.6 Å². The molecule has 2 atom stereocenters. The summed E-state index contributed by atoms with van der Waals surface area (Å²) in [5, 5.41) is 6.68. The van der Waals surface area contributed by atoms with Crippen molar-refractivity contribution < 1.29 is 4.79 Å². The van der Waals surface area contributed by atoms with Gasteiger partial charge in [-0.2, -0.15) is 0 Å². The fourth-order valence-corrected chi connectivity index (χ4v) is 2.92. The fourth-order valence-electron chi connectivity index (χ4n) is 2.92. The van der Waals surface area contributed by atoms with Crippen LogP contribution in [0.3, 0.4) is 0 Å². The van der Waals surface area contributed by atoms with Gasteiger partial charge in [-0.3, -0.25) is 4.79 Å².